The molecule has 0 aromatic heterocycles. The number of aliphatic hydroxyl groups is 3. The Bertz CT molecular complexity index is 461. The zero-order valence-corrected chi connectivity index (χ0v) is 9.84. The van der Waals surface area contributed by atoms with Crippen molar-refractivity contribution >= 4 is 6.29 Å². The molecule has 7 nitrogen and oxygen atoms in total. The van der Waals surface area contributed by atoms with Crippen molar-refractivity contribution in [3.8, 4) is 11.5 Å². The second kappa shape index (κ2) is 5.54. The van der Waals surface area contributed by atoms with Gasteiger partial charge in [-0.2, -0.15) is 0 Å². The molecule has 1 aromatic rings. The molecule has 1 saturated heterocycles. The Morgan fingerprint density at radius 3 is 2.58 bits per heavy atom. The maximum absolute atomic E-state index is 10.5. The van der Waals surface area contributed by atoms with Gasteiger partial charge in [0.25, 0.3) is 0 Å². The molecule has 2 rings (SSSR count). The van der Waals surface area contributed by atoms with Crippen LogP contribution in [0.1, 0.15) is 10.4 Å². The number of ether oxygens (including phenoxy) is 2. The van der Waals surface area contributed by atoms with Gasteiger partial charge in [-0.25, -0.2) is 0 Å². The summed E-state index contributed by atoms with van der Waals surface area (Å²) in [5.74, 6) is -0.289. The van der Waals surface area contributed by atoms with Crippen LogP contribution in [-0.4, -0.2) is 57.9 Å². The third-order valence-electron chi connectivity index (χ3n) is 2.86. The minimum absolute atomic E-state index is 0.000407. The summed E-state index contributed by atoms with van der Waals surface area (Å²) in [6, 6.07) is 3.96. The molecule has 104 valence electrons. The smallest absolute Gasteiger partial charge is 0.229 e. The van der Waals surface area contributed by atoms with Crippen LogP contribution in [0.3, 0.4) is 0 Å². The second-order valence-corrected chi connectivity index (χ2v) is 4.17. The highest BCUT2D eigenvalue weighted by Gasteiger charge is 2.44. The lowest BCUT2D eigenvalue weighted by Crippen LogP contribution is -2.35. The van der Waals surface area contributed by atoms with E-state index in [9.17, 15) is 20.1 Å². The molecule has 0 spiro atoms. The predicted octanol–water partition coefficient (Wildman–Crippen LogP) is -0.978. The first-order valence-electron chi connectivity index (χ1n) is 5.64. The highest BCUT2D eigenvalue weighted by molar-refractivity contribution is 5.76. The minimum Gasteiger partial charge on any atom is -0.504 e. The van der Waals surface area contributed by atoms with Gasteiger partial charge >= 0.3 is 0 Å². The number of hydrogen-bond acceptors (Lipinski definition) is 7. The number of aromatic hydroxyl groups is 1. The van der Waals surface area contributed by atoms with Gasteiger partial charge < -0.3 is 29.9 Å². The Balaban J connectivity index is 2.11. The fourth-order valence-corrected chi connectivity index (χ4v) is 1.80. The van der Waals surface area contributed by atoms with Crippen LogP contribution in [0.4, 0.5) is 0 Å². The van der Waals surface area contributed by atoms with Gasteiger partial charge in [0.1, 0.15) is 24.6 Å². The first-order valence-corrected chi connectivity index (χ1v) is 5.64. The number of rotatable bonds is 4. The minimum atomic E-state index is -1.35. The van der Waals surface area contributed by atoms with E-state index in [2.05, 4.69) is 0 Å². The van der Waals surface area contributed by atoms with Crippen LogP contribution >= 0.6 is 0 Å². The number of hydrogen-bond donors (Lipinski definition) is 4. The largest absolute Gasteiger partial charge is 0.504 e. The van der Waals surface area contributed by atoms with E-state index in [4.69, 9.17) is 14.6 Å². The first-order chi connectivity index (χ1) is 9.06. The van der Waals surface area contributed by atoms with Crippen LogP contribution in [0.15, 0.2) is 18.2 Å². The molecule has 1 aromatic carbocycles. The molecule has 1 fully saturated rings. The highest BCUT2D eigenvalue weighted by Crippen LogP contribution is 2.31. The van der Waals surface area contributed by atoms with Crippen LogP contribution in [0.25, 0.3) is 0 Å². The number of aliphatic hydroxyl groups excluding tert-OH is 3. The fraction of sp³-hybridized carbons (Fsp3) is 0.417. The van der Waals surface area contributed by atoms with E-state index in [1.165, 1.54) is 18.2 Å². The standard InChI is InChI=1S/C12H14O7/c13-4-6-1-2-8(7(15)3-6)18-12-11(17)10(16)9(5-14)19-12/h1-4,9-12,14-17H,5H2/t9-,10-,11-,12-/m1/s1. The Morgan fingerprint density at radius 1 is 1.32 bits per heavy atom. The number of aldehydes is 1. The van der Waals surface area contributed by atoms with E-state index in [-0.39, 0.29) is 17.1 Å². The summed E-state index contributed by atoms with van der Waals surface area (Å²) in [5.41, 5.74) is 0.269. The van der Waals surface area contributed by atoms with Crippen LogP contribution in [-0.2, 0) is 4.74 Å². The third kappa shape index (κ3) is 2.69. The van der Waals surface area contributed by atoms with E-state index in [0.717, 1.165) is 0 Å². The predicted molar refractivity (Wildman–Crippen MR) is 61.9 cm³/mol. The normalized spacial score (nSPS) is 30.3. The topological polar surface area (TPSA) is 116 Å². The molecule has 19 heavy (non-hydrogen) atoms. The van der Waals surface area contributed by atoms with Gasteiger partial charge in [-0.3, -0.25) is 4.79 Å². The van der Waals surface area contributed by atoms with Crippen molar-refractivity contribution in [3.63, 3.8) is 0 Å². The SMILES string of the molecule is O=Cc1ccc(O[C@@H]2O[C@H](CO)[C@@H](O)[C@H]2O)c(O)c1. The highest BCUT2D eigenvalue weighted by atomic mass is 16.7. The lowest BCUT2D eigenvalue weighted by atomic mass is 10.1. The van der Waals surface area contributed by atoms with E-state index in [0.29, 0.717) is 6.29 Å². The van der Waals surface area contributed by atoms with Crippen molar-refractivity contribution in [2.45, 2.75) is 24.6 Å². The van der Waals surface area contributed by atoms with Gasteiger partial charge in [0, 0.05) is 5.56 Å². The lowest BCUT2D eigenvalue weighted by molar-refractivity contribution is -0.117. The lowest BCUT2D eigenvalue weighted by Gasteiger charge is -2.17. The number of carbonyl (C=O) groups excluding carboxylic acids is 1. The van der Waals surface area contributed by atoms with Gasteiger partial charge in [0.2, 0.25) is 6.29 Å². The summed E-state index contributed by atoms with van der Waals surface area (Å²) in [6.45, 7) is -0.464. The zero-order chi connectivity index (χ0) is 14.0. The molecule has 1 heterocycles. The van der Waals surface area contributed by atoms with Crippen molar-refractivity contribution < 1.29 is 34.7 Å². The maximum atomic E-state index is 10.5. The van der Waals surface area contributed by atoms with E-state index in [1.54, 1.807) is 0 Å². The molecular formula is C12H14O7. The third-order valence-corrected chi connectivity index (χ3v) is 2.86. The monoisotopic (exact) mass is 270 g/mol. The van der Waals surface area contributed by atoms with Crippen LogP contribution < -0.4 is 4.74 Å². The van der Waals surface area contributed by atoms with E-state index < -0.39 is 31.2 Å². The van der Waals surface area contributed by atoms with Gasteiger partial charge in [-0.1, -0.05) is 0 Å². The Kier molecular flexibility index (Phi) is 4.01. The summed E-state index contributed by atoms with van der Waals surface area (Å²) >= 11 is 0. The Labute approximate surface area is 108 Å². The molecule has 0 saturated carbocycles. The van der Waals surface area contributed by atoms with Crippen molar-refractivity contribution in [2.24, 2.45) is 0 Å². The molecule has 0 bridgehead atoms. The molecule has 0 aliphatic carbocycles. The molecule has 4 atom stereocenters. The quantitative estimate of drug-likeness (QED) is 0.520. The molecule has 7 heteroatoms. The second-order valence-electron chi connectivity index (χ2n) is 4.17. The maximum Gasteiger partial charge on any atom is 0.229 e. The fourth-order valence-electron chi connectivity index (χ4n) is 1.80. The van der Waals surface area contributed by atoms with E-state index >= 15 is 0 Å². The molecular weight excluding hydrogens is 256 g/mol. The number of phenols is 1. The molecule has 4 N–H and O–H groups in total. The van der Waals surface area contributed by atoms with Crippen LogP contribution in [0.5, 0.6) is 11.5 Å². The van der Waals surface area contributed by atoms with Crippen molar-refractivity contribution in [1.29, 1.82) is 0 Å². The summed E-state index contributed by atoms with van der Waals surface area (Å²) in [6.07, 6.45) is -4.21. The van der Waals surface area contributed by atoms with Gasteiger partial charge in [0.15, 0.2) is 11.5 Å². The summed E-state index contributed by atoms with van der Waals surface area (Å²) in [4.78, 5) is 10.5. The Hall–Kier alpha value is -1.67. The van der Waals surface area contributed by atoms with Gasteiger partial charge in [-0.05, 0) is 18.2 Å². The Morgan fingerprint density at radius 2 is 2.05 bits per heavy atom. The summed E-state index contributed by atoms with van der Waals surface area (Å²) < 4.78 is 10.3. The average molecular weight is 270 g/mol. The van der Waals surface area contributed by atoms with Gasteiger partial charge in [-0.15, -0.1) is 0 Å². The number of benzene rings is 1. The molecule has 1 aliphatic rings. The van der Waals surface area contributed by atoms with Crippen LogP contribution in [0.2, 0.25) is 0 Å². The van der Waals surface area contributed by atoms with Gasteiger partial charge in [0.05, 0.1) is 6.61 Å². The summed E-state index contributed by atoms with van der Waals surface area (Å²) in [7, 11) is 0. The van der Waals surface area contributed by atoms with Crippen molar-refractivity contribution in [1.82, 2.24) is 0 Å². The molecule has 0 amide bonds. The van der Waals surface area contributed by atoms with E-state index in [1.807, 2.05) is 0 Å². The summed E-state index contributed by atoms with van der Waals surface area (Å²) in [5, 5.41) is 37.7. The number of phenolic OH excluding ortho intramolecular Hbond substituents is 1. The number of carbonyl (C=O) groups is 1. The first kappa shape index (κ1) is 13.8. The molecule has 0 radical (unpaired) electrons. The van der Waals surface area contributed by atoms with Crippen LogP contribution in [0, 0.1) is 0 Å². The molecule has 1 aliphatic heterocycles. The zero-order valence-electron chi connectivity index (χ0n) is 9.84. The van der Waals surface area contributed by atoms with Crippen molar-refractivity contribution in [3.05, 3.63) is 23.8 Å². The average Bonchev–Trinajstić information content (AvgIpc) is 2.68. The molecule has 0 unspecified atom stereocenters. The van der Waals surface area contributed by atoms with Crippen molar-refractivity contribution in [2.75, 3.05) is 6.61 Å².